The molecule has 10 nitrogen and oxygen atoms in total. The summed E-state index contributed by atoms with van der Waals surface area (Å²) in [6.45, 7) is 13.6. The zero-order valence-corrected chi connectivity index (χ0v) is 29.2. The Kier molecular flexibility index (Phi) is 11.2. The van der Waals surface area contributed by atoms with Crippen LogP contribution in [0.1, 0.15) is 70.7 Å². The van der Waals surface area contributed by atoms with Crippen molar-refractivity contribution in [3.8, 4) is 22.3 Å². The number of nitrogens with one attached hydrogen (secondary N) is 2. The number of ether oxygens (including phenoxy) is 3. The van der Waals surface area contributed by atoms with Crippen LogP contribution in [0.5, 0.6) is 0 Å². The molecule has 2 aliphatic rings. The van der Waals surface area contributed by atoms with Crippen molar-refractivity contribution in [2.45, 2.75) is 72.5 Å². The fraction of sp³-hybridized carbons (Fsp3) is 0.308. The highest BCUT2D eigenvalue weighted by atomic mass is 16.6. The first-order valence-corrected chi connectivity index (χ1v) is 16.1. The van der Waals surface area contributed by atoms with Crippen LogP contribution in [0.3, 0.4) is 0 Å². The monoisotopic (exact) mass is 666 g/mol. The van der Waals surface area contributed by atoms with Gasteiger partial charge in [0.05, 0.1) is 6.61 Å². The molecule has 0 aromatic heterocycles. The molecule has 0 unspecified atom stereocenters. The van der Waals surface area contributed by atoms with Gasteiger partial charge in [0.1, 0.15) is 11.2 Å². The minimum Gasteiger partial charge on any atom is -0.468 e. The van der Waals surface area contributed by atoms with E-state index in [1.165, 1.54) is 22.3 Å². The number of fused-ring (bicyclic) bond motifs is 6. The molecule has 6 rings (SSSR count). The molecule has 4 aromatic carbocycles. The van der Waals surface area contributed by atoms with E-state index in [4.69, 9.17) is 20.9 Å². The Morgan fingerprint density at radius 3 is 1.29 bits per heavy atom. The number of carbonyl (C=O) groups is 3. The molecule has 0 heterocycles. The fourth-order valence-electron chi connectivity index (χ4n) is 5.53. The Morgan fingerprint density at radius 1 is 0.633 bits per heavy atom. The molecule has 0 spiro atoms. The Morgan fingerprint density at radius 2 is 0.980 bits per heavy atom. The first-order chi connectivity index (χ1) is 23.0. The van der Waals surface area contributed by atoms with Crippen molar-refractivity contribution in [3.63, 3.8) is 0 Å². The van der Waals surface area contributed by atoms with E-state index in [9.17, 15) is 14.4 Å². The maximum Gasteiger partial charge on any atom is 0.412 e. The van der Waals surface area contributed by atoms with Crippen LogP contribution in [-0.4, -0.2) is 36.5 Å². The molecule has 0 saturated heterocycles. The van der Waals surface area contributed by atoms with Gasteiger partial charge in [-0.25, -0.2) is 9.59 Å². The largest absolute Gasteiger partial charge is 0.468 e. The van der Waals surface area contributed by atoms with Crippen molar-refractivity contribution < 1.29 is 28.6 Å². The molecule has 0 radical (unpaired) electrons. The zero-order chi connectivity index (χ0) is 35.9. The van der Waals surface area contributed by atoms with Gasteiger partial charge in [0.2, 0.25) is 0 Å². The van der Waals surface area contributed by atoms with Crippen molar-refractivity contribution >= 4 is 41.4 Å². The second kappa shape index (κ2) is 15.1. The number of amides is 2. The molecule has 258 valence electrons. The number of nitrogens with two attached hydrogens (primary N) is 2. The smallest absolute Gasteiger partial charge is 0.412 e. The van der Waals surface area contributed by atoms with Crippen LogP contribution in [0.15, 0.2) is 72.8 Å². The van der Waals surface area contributed by atoms with E-state index in [0.717, 1.165) is 46.5 Å². The summed E-state index contributed by atoms with van der Waals surface area (Å²) in [5.74, 6) is 0. The van der Waals surface area contributed by atoms with Crippen LogP contribution in [-0.2, 0) is 31.8 Å². The number of hydrogen-bond donors (Lipinski definition) is 4. The number of carbonyl (C=O) groups excluding carboxylic acids is 3. The van der Waals surface area contributed by atoms with Gasteiger partial charge in [0, 0.05) is 22.7 Å². The minimum absolute atomic E-state index is 0.431. The second-order valence-electron chi connectivity index (χ2n) is 13.7. The van der Waals surface area contributed by atoms with E-state index in [2.05, 4.69) is 27.5 Å². The molecule has 2 amide bonds. The van der Waals surface area contributed by atoms with Gasteiger partial charge in [-0.05, 0) is 154 Å². The number of anilines is 4. The maximum atomic E-state index is 12.0. The van der Waals surface area contributed by atoms with Crippen LogP contribution in [0, 0.1) is 0 Å². The summed E-state index contributed by atoms with van der Waals surface area (Å²) in [7, 11) is 0. The Bertz CT molecular complexity index is 1710. The van der Waals surface area contributed by atoms with Crippen molar-refractivity contribution in [2.24, 2.45) is 0 Å². The average Bonchev–Trinajstić information content (AvgIpc) is 3.52. The molecule has 0 atom stereocenters. The summed E-state index contributed by atoms with van der Waals surface area (Å²) >= 11 is 0. The van der Waals surface area contributed by atoms with Gasteiger partial charge in [0.15, 0.2) is 0 Å². The van der Waals surface area contributed by atoms with Crippen molar-refractivity contribution in [2.75, 3.05) is 28.7 Å². The molecule has 0 bridgehead atoms. The lowest BCUT2D eigenvalue weighted by Crippen LogP contribution is -2.27. The molecule has 0 saturated carbocycles. The van der Waals surface area contributed by atoms with E-state index in [0.29, 0.717) is 24.5 Å². The lowest BCUT2D eigenvalue weighted by atomic mass is 10.1. The molecule has 2 aliphatic carbocycles. The third kappa shape index (κ3) is 10.2. The van der Waals surface area contributed by atoms with E-state index < -0.39 is 23.4 Å². The normalized spacial score (nSPS) is 11.9. The highest BCUT2D eigenvalue weighted by Crippen LogP contribution is 2.40. The molecule has 10 heteroatoms. The highest BCUT2D eigenvalue weighted by Gasteiger charge is 2.22. The van der Waals surface area contributed by atoms with E-state index in [1.54, 1.807) is 6.92 Å². The first kappa shape index (κ1) is 36.3. The zero-order valence-electron chi connectivity index (χ0n) is 29.2. The third-order valence-corrected chi connectivity index (χ3v) is 7.34. The molecule has 4 aromatic rings. The van der Waals surface area contributed by atoms with Gasteiger partial charge >= 0.3 is 12.2 Å². The van der Waals surface area contributed by atoms with Gasteiger partial charge in [-0.1, -0.05) is 24.3 Å². The summed E-state index contributed by atoms with van der Waals surface area (Å²) in [6.07, 6.45) is 0.715. The number of rotatable bonds is 4. The predicted octanol–water partition coefficient (Wildman–Crippen LogP) is 8.55. The average molecular weight is 667 g/mol. The highest BCUT2D eigenvalue weighted by molar-refractivity contribution is 5.89. The third-order valence-electron chi connectivity index (χ3n) is 7.34. The molecule has 6 N–H and O–H groups in total. The van der Waals surface area contributed by atoms with E-state index in [-0.39, 0.29) is 0 Å². The summed E-state index contributed by atoms with van der Waals surface area (Å²) in [5.41, 5.74) is 23.1. The van der Waals surface area contributed by atoms with Gasteiger partial charge in [-0.3, -0.25) is 15.4 Å². The maximum absolute atomic E-state index is 12.0. The SMILES string of the molecule is CC(C)(C)OC(=O)Nc1ccc2c(c1)Cc1cc(NC(=O)OC(C)(C)C)ccc1-2.CCOC=O.Nc1ccc2c(c1)Cc1cc(N)ccc1-2. The van der Waals surface area contributed by atoms with Gasteiger partial charge in [-0.2, -0.15) is 0 Å². The van der Waals surface area contributed by atoms with Crippen LogP contribution in [0.2, 0.25) is 0 Å². The van der Waals surface area contributed by atoms with Gasteiger partial charge < -0.3 is 25.7 Å². The van der Waals surface area contributed by atoms with E-state index in [1.807, 2.05) is 102 Å². The molecule has 0 aliphatic heterocycles. The van der Waals surface area contributed by atoms with Crippen LogP contribution >= 0.6 is 0 Å². The van der Waals surface area contributed by atoms with E-state index >= 15 is 0 Å². The fourth-order valence-corrected chi connectivity index (χ4v) is 5.53. The quantitative estimate of drug-likeness (QED) is 0.0829. The summed E-state index contributed by atoms with van der Waals surface area (Å²) in [6, 6.07) is 23.8. The standard InChI is InChI=1S/C23H28N2O4.C13H12N2.C3H6O2/c1-22(2,3)28-20(26)24-16-7-9-18-14(12-16)11-15-13-17(8-10-19(15)18)25-21(27)29-23(4,5)6;14-10-1-3-12-8(6-10)5-9-7-11(15)2-4-13(9)12;1-2-5-3-4/h7-10,12-13H,11H2,1-6H3,(H,24,26)(H,25,27);1-4,6-7H,5,14-15H2;3H,2H2,1H3. The lowest BCUT2D eigenvalue weighted by Gasteiger charge is -2.20. The molecular formula is C39H46N4O6. The minimum atomic E-state index is -0.547. The van der Waals surface area contributed by atoms with Gasteiger partial charge in [-0.15, -0.1) is 0 Å². The summed E-state index contributed by atoms with van der Waals surface area (Å²) in [4.78, 5) is 33.2. The lowest BCUT2D eigenvalue weighted by molar-refractivity contribution is -0.128. The Balaban J connectivity index is 0.000000223. The molecule has 0 fully saturated rings. The predicted molar refractivity (Wildman–Crippen MR) is 196 cm³/mol. The number of benzene rings is 4. The topological polar surface area (TPSA) is 155 Å². The number of hydrogen-bond acceptors (Lipinski definition) is 8. The van der Waals surface area contributed by atoms with Crippen LogP contribution in [0.4, 0.5) is 32.3 Å². The summed E-state index contributed by atoms with van der Waals surface area (Å²) in [5, 5.41) is 5.56. The molecular weight excluding hydrogens is 620 g/mol. The van der Waals surface area contributed by atoms with Crippen LogP contribution < -0.4 is 22.1 Å². The van der Waals surface area contributed by atoms with Crippen molar-refractivity contribution in [1.82, 2.24) is 0 Å². The Hall–Kier alpha value is -5.51. The number of nitrogen functional groups attached to an aromatic ring is 2. The van der Waals surface area contributed by atoms with Gasteiger partial charge in [0.25, 0.3) is 6.47 Å². The first-order valence-electron chi connectivity index (χ1n) is 16.1. The molecule has 49 heavy (non-hydrogen) atoms. The summed E-state index contributed by atoms with van der Waals surface area (Å²) < 4.78 is 14.8. The van der Waals surface area contributed by atoms with Crippen LogP contribution in [0.25, 0.3) is 22.3 Å². The Labute approximate surface area is 288 Å². The van der Waals surface area contributed by atoms with Crippen molar-refractivity contribution in [1.29, 1.82) is 0 Å². The van der Waals surface area contributed by atoms with Crippen molar-refractivity contribution in [3.05, 3.63) is 95.1 Å². The second-order valence-corrected chi connectivity index (χ2v) is 13.7.